The number of rotatable bonds is 6. The average molecular weight is 452 g/mol. The van der Waals surface area contributed by atoms with Gasteiger partial charge in [-0.25, -0.2) is 4.39 Å². The number of pyridine rings is 1. The predicted molar refractivity (Wildman–Crippen MR) is 121 cm³/mol. The lowest BCUT2D eigenvalue weighted by atomic mass is 10.0. The molecule has 1 aliphatic rings. The van der Waals surface area contributed by atoms with E-state index < -0.39 is 5.82 Å². The van der Waals surface area contributed by atoms with Crippen molar-refractivity contribution in [3.05, 3.63) is 82.6 Å². The summed E-state index contributed by atoms with van der Waals surface area (Å²) in [4.78, 5) is 30.3. The molecule has 0 saturated carbocycles. The number of nitrogens with one attached hydrogen (secondary N) is 1. The van der Waals surface area contributed by atoms with E-state index >= 15 is 0 Å². The van der Waals surface area contributed by atoms with E-state index in [-0.39, 0.29) is 23.6 Å². The highest BCUT2D eigenvalue weighted by Crippen LogP contribution is 2.25. The number of piperidine rings is 1. The lowest BCUT2D eigenvalue weighted by Crippen LogP contribution is -2.46. The second-order valence-electron chi connectivity index (χ2n) is 7.40. The molecular formula is C24H22FN3O3S. The van der Waals surface area contributed by atoms with Gasteiger partial charge in [0, 0.05) is 42.3 Å². The molecule has 1 fully saturated rings. The van der Waals surface area contributed by atoms with E-state index in [2.05, 4.69) is 10.3 Å². The smallest absolute Gasteiger partial charge is 0.252 e. The number of carbonyl (C=O) groups excluding carboxylic acids is 2. The molecule has 0 unspecified atom stereocenters. The third-order valence-electron chi connectivity index (χ3n) is 5.16. The molecular weight excluding hydrogens is 429 g/mol. The summed E-state index contributed by atoms with van der Waals surface area (Å²) in [6.45, 7) is 1.12. The summed E-state index contributed by atoms with van der Waals surface area (Å²) in [6, 6.07) is 9.77. The lowest BCUT2D eigenvalue weighted by molar-refractivity contribution is -0.126. The maximum absolute atomic E-state index is 14.4. The second kappa shape index (κ2) is 10.2. The topological polar surface area (TPSA) is 71.5 Å². The van der Waals surface area contributed by atoms with E-state index in [1.165, 1.54) is 35.7 Å². The Morgan fingerprint density at radius 1 is 1.22 bits per heavy atom. The molecule has 3 heterocycles. The van der Waals surface area contributed by atoms with Crippen LogP contribution in [0, 0.1) is 5.82 Å². The molecule has 3 aromatic rings. The number of thiophene rings is 1. The molecule has 1 saturated heterocycles. The summed E-state index contributed by atoms with van der Waals surface area (Å²) in [6.07, 6.45) is 7.54. The zero-order valence-electron chi connectivity index (χ0n) is 17.2. The number of amides is 2. The van der Waals surface area contributed by atoms with Gasteiger partial charge in [0.2, 0.25) is 5.91 Å². The van der Waals surface area contributed by atoms with Crippen molar-refractivity contribution in [1.29, 1.82) is 0 Å². The third-order valence-corrected chi connectivity index (χ3v) is 5.84. The molecule has 2 amide bonds. The van der Waals surface area contributed by atoms with Crippen LogP contribution in [-0.4, -0.2) is 40.8 Å². The zero-order valence-corrected chi connectivity index (χ0v) is 18.1. The molecule has 1 N–H and O–H groups in total. The predicted octanol–water partition coefficient (Wildman–Crippen LogP) is 4.51. The first-order valence-corrected chi connectivity index (χ1v) is 11.2. The zero-order chi connectivity index (χ0) is 22.3. The molecule has 1 aromatic carbocycles. The fourth-order valence-electron chi connectivity index (χ4n) is 3.42. The fourth-order valence-corrected chi connectivity index (χ4v) is 4.05. The Balaban J connectivity index is 1.28. The third kappa shape index (κ3) is 5.59. The number of halogens is 1. The molecule has 4 rings (SSSR count). The maximum Gasteiger partial charge on any atom is 0.252 e. The molecule has 0 radical (unpaired) electrons. The summed E-state index contributed by atoms with van der Waals surface area (Å²) < 4.78 is 19.8. The standard InChI is InChI=1S/C24H22FN3O3S/c25-21-14-17(3-5-22(21)31-20-2-1-10-26-15-20)4-6-23(29)28-11-7-19(8-12-28)27-24(30)18-9-13-32-16-18/h1-6,9-10,13-16,19H,7-8,11-12H2,(H,27,30)/b6-4+. The summed E-state index contributed by atoms with van der Waals surface area (Å²) in [5.41, 5.74) is 1.23. The van der Waals surface area contributed by atoms with Gasteiger partial charge >= 0.3 is 0 Å². The summed E-state index contributed by atoms with van der Waals surface area (Å²) in [7, 11) is 0. The number of nitrogens with zero attached hydrogens (tertiary/aromatic N) is 2. The number of aromatic nitrogens is 1. The number of hydrogen-bond acceptors (Lipinski definition) is 5. The highest BCUT2D eigenvalue weighted by molar-refractivity contribution is 7.08. The van der Waals surface area contributed by atoms with Crippen molar-refractivity contribution in [3.8, 4) is 11.5 Å². The van der Waals surface area contributed by atoms with Gasteiger partial charge in [-0.1, -0.05) is 6.07 Å². The minimum Gasteiger partial charge on any atom is -0.453 e. The number of hydrogen-bond donors (Lipinski definition) is 1. The van der Waals surface area contributed by atoms with Gasteiger partial charge in [0.05, 0.1) is 6.20 Å². The lowest BCUT2D eigenvalue weighted by Gasteiger charge is -2.31. The van der Waals surface area contributed by atoms with Crippen molar-refractivity contribution in [2.45, 2.75) is 18.9 Å². The van der Waals surface area contributed by atoms with Gasteiger partial charge in [-0.05, 0) is 60.2 Å². The number of benzene rings is 1. The van der Waals surface area contributed by atoms with Crippen LogP contribution in [0.1, 0.15) is 28.8 Å². The fraction of sp³-hybridized carbons (Fsp3) is 0.208. The Kier molecular flexibility index (Phi) is 6.91. The Morgan fingerprint density at radius 2 is 2.06 bits per heavy atom. The van der Waals surface area contributed by atoms with Crippen LogP contribution < -0.4 is 10.1 Å². The monoisotopic (exact) mass is 451 g/mol. The molecule has 1 aliphatic heterocycles. The van der Waals surface area contributed by atoms with Crippen LogP contribution in [0.5, 0.6) is 11.5 Å². The normalized spacial score (nSPS) is 14.5. The highest BCUT2D eigenvalue weighted by Gasteiger charge is 2.23. The van der Waals surface area contributed by atoms with Crippen molar-refractivity contribution < 1.29 is 18.7 Å². The SMILES string of the molecule is O=C(NC1CCN(C(=O)/C=C/c2ccc(Oc3cccnc3)c(F)c2)CC1)c1ccsc1. The molecule has 8 heteroatoms. The van der Waals surface area contributed by atoms with Gasteiger partial charge in [0.15, 0.2) is 11.6 Å². The minimum atomic E-state index is -0.523. The van der Waals surface area contributed by atoms with E-state index in [1.54, 1.807) is 41.4 Å². The second-order valence-corrected chi connectivity index (χ2v) is 8.18. The van der Waals surface area contributed by atoms with Crippen LogP contribution in [0.2, 0.25) is 0 Å². The van der Waals surface area contributed by atoms with E-state index in [0.717, 1.165) is 0 Å². The van der Waals surface area contributed by atoms with Crippen LogP contribution in [-0.2, 0) is 4.79 Å². The molecule has 0 spiro atoms. The molecule has 164 valence electrons. The Hall–Kier alpha value is -3.52. The molecule has 32 heavy (non-hydrogen) atoms. The van der Waals surface area contributed by atoms with Crippen LogP contribution in [0.3, 0.4) is 0 Å². The van der Waals surface area contributed by atoms with Gasteiger partial charge < -0.3 is 15.0 Å². The van der Waals surface area contributed by atoms with Crippen molar-refractivity contribution in [3.63, 3.8) is 0 Å². The van der Waals surface area contributed by atoms with Crippen LogP contribution in [0.25, 0.3) is 6.08 Å². The molecule has 0 aliphatic carbocycles. The maximum atomic E-state index is 14.4. The quantitative estimate of drug-likeness (QED) is 0.560. The summed E-state index contributed by atoms with van der Waals surface area (Å²) in [5, 5.41) is 6.71. The minimum absolute atomic E-state index is 0.0527. The van der Waals surface area contributed by atoms with Gasteiger partial charge in [-0.15, -0.1) is 0 Å². The van der Waals surface area contributed by atoms with E-state index in [9.17, 15) is 14.0 Å². The summed E-state index contributed by atoms with van der Waals surface area (Å²) >= 11 is 1.49. The average Bonchev–Trinajstić information content (AvgIpc) is 3.36. The summed E-state index contributed by atoms with van der Waals surface area (Å²) in [5.74, 6) is -0.198. The van der Waals surface area contributed by atoms with Gasteiger partial charge in [0.25, 0.3) is 5.91 Å². The molecule has 0 bridgehead atoms. The first-order valence-electron chi connectivity index (χ1n) is 10.3. The van der Waals surface area contributed by atoms with Crippen molar-refractivity contribution in [1.82, 2.24) is 15.2 Å². The van der Waals surface area contributed by atoms with Gasteiger partial charge in [0.1, 0.15) is 5.75 Å². The number of carbonyl (C=O) groups is 2. The van der Waals surface area contributed by atoms with Crippen molar-refractivity contribution in [2.24, 2.45) is 0 Å². The number of likely N-dealkylation sites (tertiary alicyclic amines) is 1. The Labute approximate surface area is 189 Å². The molecule has 0 atom stereocenters. The van der Waals surface area contributed by atoms with Gasteiger partial charge in [-0.2, -0.15) is 11.3 Å². The Morgan fingerprint density at radius 3 is 2.75 bits per heavy atom. The number of ether oxygens (including phenoxy) is 1. The molecule has 6 nitrogen and oxygen atoms in total. The molecule has 2 aromatic heterocycles. The van der Waals surface area contributed by atoms with Crippen LogP contribution in [0.4, 0.5) is 4.39 Å². The van der Waals surface area contributed by atoms with Crippen LogP contribution in [0.15, 0.2) is 65.6 Å². The largest absolute Gasteiger partial charge is 0.453 e. The van der Waals surface area contributed by atoms with E-state index in [1.807, 2.05) is 10.8 Å². The first kappa shape index (κ1) is 21.7. The van der Waals surface area contributed by atoms with Gasteiger partial charge in [-0.3, -0.25) is 14.6 Å². The van der Waals surface area contributed by atoms with Crippen molar-refractivity contribution in [2.75, 3.05) is 13.1 Å². The van der Waals surface area contributed by atoms with Crippen LogP contribution >= 0.6 is 11.3 Å². The van der Waals surface area contributed by atoms with Crippen molar-refractivity contribution >= 4 is 29.2 Å². The highest BCUT2D eigenvalue weighted by atomic mass is 32.1. The first-order chi connectivity index (χ1) is 15.6. The Bertz CT molecular complexity index is 1090. The van der Waals surface area contributed by atoms with E-state index in [4.69, 9.17) is 4.74 Å². The van der Waals surface area contributed by atoms with E-state index in [0.29, 0.717) is 42.8 Å².